The molecule has 1 aliphatic carbocycles. The second kappa shape index (κ2) is 12.3. The standard InChI is InChI=1S/C32H31N5O4/c33-27-8-4-5-9-28(27)36-30(38)24-10-12-25(13-11-24)32(37-31(34)39,19-23-14-16-35-17-15-23)29-21-40-26(20-41-29)18-22-6-2-1-3-7-22/h1-2,4-6,8-17,20-21H,3,7,18-19,33H2,(H,36,38)(H3,34,37,39). The van der Waals surface area contributed by atoms with Crippen molar-refractivity contribution in [1.29, 1.82) is 0 Å². The molecule has 208 valence electrons. The van der Waals surface area contributed by atoms with Crippen LogP contribution in [0.5, 0.6) is 0 Å². The number of pyridine rings is 1. The Kier molecular flexibility index (Phi) is 8.15. The predicted molar refractivity (Wildman–Crippen MR) is 157 cm³/mol. The fourth-order valence-corrected chi connectivity index (χ4v) is 4.86. The summed E-state index contributed by atoms with van der Waals surface area (Å²) < 4.78 is 12.2. The van der Waals surface area contributed by atoms with Gasteiger partial charge in [0, 0.05) is 30.8 Å². The highest BCUT2D eigenvalue weighted by Gasteiger charge is 2.41. The van der Waals surface area contributed by atoms with Crippen molar-refractivity contribution < 1.29 is 19.1 Å². The Morgan fingerprint density at radius 3 is 2.41 bits per heavy atom. The lowest BCUT2D eigenvalue weighted by Crippen LogP contribution is -2.51. The minimum absolute atomic E-state index is 0.277. The number of rotatable bonds is 9. The predicted octanol–water partition coefficient (Wildman–Crippen LogP) is 5.42. The molecule has 0 saturated heterocycles. The smallest absolute Gasteiger partial charge is 0.313 e. The van der Waals surface area contributed by atoms with Crippen LogP contribution in [0.15, 0.2) is 121 Å². The van der Waals surface area contributed by atoms with Gasteiger partial charge in [-0.05, 0) is 60.4 Å². The molecule has 9 heteroatoms. The van der Waals surface area contributed by atoms with E-state index >= 15 is 0 Å². The van der Waals surface area contributed by atoms with Crippen LogP contribution in [0, 0.1) is 0 Å². The first-order valence-electron chi connectivity index (χ1n) is 13.2. The molecule has 41 heavy (non-hydrogen) atoms. The number of carbonyl (C=O) groups excluding carboxylic acids is 2. The summed E-state index contributed by atoms with van der Waals surface area (Å²) in [6, 6.07) is 16.8. The first-order valence-corrected chi connectivity index (χ1v) is 13.2. The normalized spacial score (nSPS) is 15.7. The Hall–Kier alpha value is -5.31. The molecule has 2 aliphatic rings. The van der Waals surface area contributed by atoms with Crippen LogP contribution < -0.4 is 22.1 Å². The second-order valence-electron chi connectivity index (χ2n) is 9.82. The van der Waals surface area contributed by atoms with Gasteiger partial charge in [-0.25, -0.2) is 4.79 Å². The van der Waals surface area contributed by atoms with Crippen molar-refractivity contribution in [3.05, 3.63) is 138 Å². The minimum Gasteiger partial charge on any atom is -0.462 e. The second-order valence-corrected chi connectivity index (χ2v) is 9.82. The molecule has 6 N–H and O–H groups in total. The zero-order valence-electron chi connectivity index (χ0n) is 22.4. The lowest BCUT2D eigenvalue weighted by Gasteiger charge is -2.37. The van der Waals surface area contributed by atoms with Gasteiger partial charge in [0.1, 0.15) is 23.8 Å². The Balaban J connectivity index is 1.46. The molecule has 1 aromatic heterocycles. The number of para-hydroxylation sites is 2. The highest BCUT2D eigenvalue weighted by molar-refractivity contribution is 6.05. The van der Waals surface area contributed by atoms with E-state index in [2.05, 4.69) is 27.8 Å². The maximum Gasteiger partial charge on any atom is 0.313 e. The monoisotopic (exact) mass is 549 g/mol. The lowest BCUT2D eigenvalue weighted by molar-refractivity contribution is 0.102. The van der Waals surface area contributed by atoms with Gasteiger partial charge in [0.15, 0.2) is 5.76 Å². The molecule has 0 fully saturated rings. The number of amides is 3. The number of ether oxygens (including phenoxy) is 2. The van der Waals surface area contributed by atoms with Gasteiger partial charge in [0.25, 0.3) is 5.91 Å². The van der Waals surface area contributed by atoms with Gasteiger partial charge in [-0.1, -0.05) is 48.1 Å². The largest absolute Gasteiger partial charge is 0.462 e. The van der Waals surface area contributed by atoms with Crippen molar-refractivity contribution in [3.63, 3.8) is 0 Å². The lowest BCUT2D eigenvalue weighted by atomic mass is 9.81. The van der Waals surface area contributed by atoms with Crippen LogP contribution in [0.3, 0.4) is 0 Å². The van der Waals surface area contributed by atoms with E-state index in [0.717, 1.165) is 18.4 Å². The number of hydrogen-bond acceptors (Lipinski definition) is 6. The van der Waals surface area contributed by atoms with Crippen molar-refractivity contribution in [3.8, 4) is 0 Å². The average Bonchev–Trinajstić information content (AvgIpc) is 2.99. The van der Waals surface area contributed by atoms with E-state index in [-0.39, 0.29) is 12.3 Å². The summed E-state index contributed by atoms with van der Waals surface area (Å²) in [5, 5.41) is 5.72. The highest BCUT2D eigenvalue weighted by Crippen LogP contribution is 2.37. The van der Waals surface area contributed by atoms with Crippen LogP contribution in [0.1, 0.15) is 40.7 Å². The molecule has 1 atom stereocenters. The summed E-state index contributed by atoms with van der Waals surface area (Å²) >= 11 is 0. The molecule has 3 amide bonds. The van der Waals surface area contributed by atoms with Crippen LogP contribution in [-0.2, 0) is 21.4 Å². The number of urea groups is 1. The van der Waals surface area contributed by atoms with Crippen molar-refractivity contribution in [2.75, 3.05) is 11.1 Å². The first-order chi connectivity index (χ1) is 19.9. The molecular formula is C32H31N5O4. The Morgan fingerprint density at radius 2 is 1.76 bits per heavy atom. The van der Waals surface area contributed by atoms with E-state index in [1.54, 1.807) is 67.2 Å². The van der Waals surface area contributed by atoms with Crippen molar-refractivity contribution >= 4 is 23.3 Å². The molecule has 9 nitrogen and oxygen atoms in total. The molecule has 0 radical (unpaired) electrons. The number of nitrogens with two attached hydrogens (primary N) is 2. The Morgan fingerprint density at radius 1 is 0.976 bits per heavy atom. The van der Waals surface area contributed by atoms with Crippen LogP contribution in [0.2, 0.25) is 0 Å². The molecule has 0 bridgehead atoms. The summed E-state index contributed by atoms with van der Waals surface area (Å²) in [6.07, 6.45) is 15.5. The molecule has 0 spiro atoms. The zero-order chi connectivity index (χ0) is 28.7. The molecule has 2 aromatic carbocycles. The van der Waals surface area contributed by atoms with Crippen molar-refractivity contribution in [2.45, 2.75) is 31.2 Å². The number of primary amides is 1. The topological polar surface area (TPSA) is 142 Å². The molecule has 2 heterocycles. The third-order valence-electron chi connectivity index (χ3n) is 6.96. The van der Waals surface area contributed by atoms with E-state index in [9.17, 15) is 9.59 Å². The van der Waals surface area contributed by atoms with Gasteiger partial charge in [-0.15, -0.1) is 0 Å². The summed E-state index contributed by atoms with van der Waals surface area (Å²) in [6.45, 7) is 0. The number of allylic oxidation sites excluding steroid dienone is 4. The molecule has 3 aromatic rings. The van der Waals surface area contributed by atoms with Crippen LogP contribution in [0.25, 0.3) is 0 Å². The fraction of sp³-hybridized carbons (Fsp3) is 0.156. The Bertz CT molecular complexity index is 1540. The number of hydrogen-bond donors (Lipinski definition) is 4. The highest BCUT2D eigenvalue weighted by atomic mass is 16.5. The average molecular weight is 550 g/mol. The maximum atomic E-state index is 13.0. The quantitative estimate of drug-likeness (QED) is 0.263. The number of aromatic nitrogens is 1. The molecule has 1 aliphatic heterocycles. The number of carbonyl (C=O) groups is 2. The number of nitrogen functional groups attached to an aromatic ring is 1. The van der Waals surface area contributed by atoms with Gasteiger partial charge < -0.3 is 31.6 Å². The molecular weight excluding hydrogens is 518 g/mol. The summed E-state index contributed by atoms with van der Waals surface area (Å²) in [4.78, 5) is 29.5. The summed E-state index contributed by atoms with van der Waals surface area (Å²) in [7, 11) is 0. The minimum atomic E-state index is -1.25. The van der Waals surface area contributed by atoms with E-state index < -0.39 is 11.6 Å². The molecule has 0 saturated carbocycles. The van der Waals surface area contributed by atoms with Gasteiger partial charge in [-0.2, -0.15) is 0 Å². The molecule has 1 unspecified atom stereocenters. The van der Waals surface area contributed by atoms with E-state index in [4.69, 9.17) is 20.9 Å². The number of nitrogens with one attached hydrogen (secondary N) is 2. The van der Waals surface area contributed by atoms with E-state index in [0.29, 0.717) is 40.4 Å². The third-order valence-corrected chi connectivity index (χ3v) is 6.96. The van der Waals surface area contributed by atoms with Crippen molar-refractivity contribution in [2.24, 2.45) is 5.73 Å². The number of anilines is 2. The fourth-order valence-electron chi connectivity index (χ4n) is 4.86. The van der Waals surface area contributed by atoms with Gasteiger partial charge in [-0.3, -0.25) is 9.78 Å². The van der Waals surface area contributed by atoms with Crippen LogP contribution in [-0.4, -0.2) is 16.9 Å². The van der Waals surface area contributed by atoms with Gasteiger partial charge in [0.2, 0.25) is 0 Å². The van der Waals surface area contributed by atoms with E-state index in [1.807, 2.05) is 18.2 Å². The molecule has 5 rings (SSSR count). The SMILES string of the molecule is NC(=O)NC(Cc1ccncc1)(C1=COC(CC2=CC=CCC2)=CO1)c1ccc(C(=O)Nc2ccccc2N)cc1. The van der Waals surface area contributed by atoms with Crippen LogP contribution >= 0.6 is 0 Å². The first kappa shape index (κ1) is 27.3. The summed E-state index contributed by atoms with van der Waals surface area (Å²) in [5.74, 6) is 0.663. The maximum absolute atomic E-state index is 13.0. The van der Waals surface area contributed by atoms with E-state index in [1.165, 1.54) is 11.8 Å². The van der Waals surface area contributed by atoms with Gasteiger partial charge in [0.05, 0.1) is 11.4 Å². The number of benzene rings is 2. The third kappa shape index (κ3) is 6.47. The number of nitrogens with zero attached hydrogens (tertiary/aromatic N) is 1. The van der Waals surface area contributed by atoms with Crippen LogP contribution in [0.4, 0.5) is 16.2 Å². The zero-order valence-corrected chi connectivity index (χ0v) is 22.4. The van der Waals surface area contributed by atoms with Crippen molar-refractivity contribution in [1.82, 2.24) is 10.3 Å². The summed E-state index contributed by atoms with van der Waals surface area (Å²) in [5.41, 5.74) is 14.6. The van der Waals surface area contributed by atoms with Gasteiger partial charge >= 0.3 is 6.03 Å². The Labute approximate surface area is 238 Å².